The fraction of sp³-hybridized carbons (Fsp3) is 0.650. The summed E-state index contributed by atoms with van der Waals surface area (Å²) < 4.78 is 0. The molecule has 0 saturated carbocycles. The van der Waals surface area contributed by atoms with Gasteiger partial charge in [0.2, 0.25) is 5.91 Å². The normalized spacial score (nSPS) is 26.5. The molecule has 4 heteroatoms. The summed E-state index contributed by atoms with van der Waals surface area (Å²) in [7, 11) is 0. The van der Waals surface area contributed by atoms with Crippen molar-refractivity contribution in [1.29, 1.82) is 0 Å². The van der Waals surface area contributed by atoms with Gasteiger partial charge in [0, 0.05) is 24.5 Å². The molecule has 1 aromatic carbocycles. The Hall–Kier alpha value is -1.06. The van der Waals surface area contributed by atoms with Crippen LogP contribution in [-0.4, -0.2) is 24.0 Å². The van der Waals surface area contributed by atoms with Crippen LogP contribution in [-0.2, 0) is 11.2 Å². The number of piperidine rings is 1. The monoisotopic (exact) mass is 350 g/mol. The van der Waals surface area contributed by atoms with Crippen LogP contribution < -0.4 is 10.6 Å². The Balaban J connectivity index is 0.00000208. The molecule has 24 heavy (non-hydrogen) atoms. The summed E-state index contributed by atoms with van der Waals surface area (Å²) in [6, 6.07) is 8.17. The van der Waals surface area contributed by atoms with E-state index in [1.807, 2.05) is 0 Å². The second kappa shape index (κ2) is 8.35. The van der Waals surface area contributed by atoms with Crippen LogP contribution >= 0.6 is 12.4 Å². The smallest absolute Gasteiger partial charge is 0.220 e. The molecule has 2 N–H and O–H groups in total. The maximum atomic E-state index is 12.3. The Kier molecular flexibility index (Phi) is 6.70. The predicted octanol–water partition coefficient (Wildman–Crippen LogP) is 3.69. The Morgan fingerprint density at radius 1 is 1.17 bits per heavy atom. The summed E-state index contributed by atoms with van der Waals surface area (Å²) in [6.07, 6.45) is 6.56. The molecule has 2 fully saturated rings. The Morgan fingerprint density at radius 3 is 2.33 bits per heavy atom. The molecule has 134 valence electrons. The summed E-state index contributed by atoms with van der Waals surface area (Å²) in [5.74, 6) is 0.801. The Morgan fingerprint density at radius 2 is 1.75 bits per heavy atom. The van der Waals surface area contributed by atoms with Gasteiger partial charge in [0.15, 0.2) is 0 Å². The van der Waals surface area contributed by atoms with E-state index in [0.29, 0.717) is 24.4 Å². The van der Waals surface area contributed by atoms with Gasteiger partial charge in [-0.15, -0.1) is 12.4 Å². The summed E-state index contributed by atoms with van der Waals surface area (Å²) in [4.78, 5) is 12.3. The first-order valence-electron chi connectivity index (χ1n) is 9.10. The first-order chi connectivity index (χ1) is 11.0. The highest BCUT2D eigenvalue weighted by atomic mass is 35.5. The van der Waals surface area contributed by atoms with Crippen molar-refractivity contribution in [3.05, 3.63) is 34.9 Å². The number of aryl methyl sites for hydroxylation is 2. The van der Waals surface area contributed by atoms with Crippen LogP contribution in [0.25, 0.3) is 0 Å². The topological polar surface area (TPSA) is 41.1 Å². The Labute approximate surface area is 152 Å². The average Bonchev–Trinajstić information content (AvgIpc) is 2.76. The van der Waals surface area contributed by atoms with E-state index >= 15 is 0 Å². The molecule has 2 heterocycles. The third-order valence-electron chi connectivity index (χ3n) is 5.28. The zero-order valence-electron chi connectivity index (χ0n) is 15.1. The number of rotatable bonds is 5. The lowest BCUT2D eigenvalue weighted by Gasteiger charge is -2.29. The molecular formula is C20H31ClN2O. The standard InChI is InChI=1S/C20H30N2O.ClH/c1-13-6-14(2)8-16(7-13)9-15(3)21-20(23)12-17-10-18-4-5-19(11-17)22-18;/h6-8,15,17-19,22H,4-5,9-12H2,1-3H3,(H,21,23);1H. The van der Waals surface area contributed by atoms with Crippen LogP contribution in [0.2, 0.25) is 0 Å². The molecule has 1 aromatic rings. The largest absolute Gasteiger partial charge is 0.353 e. The summed E-state index contributed by atoms with van der Waals surface area (Å²) in [6.45, 7) is 6.37. The molecule has 2 saturated heterocycles. The fourth-order valence-electron chi connectivity index (χ4n) is 4.53. The number of hydrogen-bond acceptors (Lipinski definition) is 2. The highest BCUT2D eigenvalue weighted by Crippen LogP contribution is 2.32. The molecule has 3 nitrogen and oxygen atoms in total. The van der Waals surface area contributed by atoms with Gasteiger partial charge in [-0.25, -0.2) is 0 Å². The zero-order valence-corrected chi connectivity index (χ0v) is 15.9. The third kappa shape index (κ3) is 5.22. The van der Waals surface area contributed by atoms with Crippen LogP contribution in [0.4, 0.5) is 0 Å². The lowest BCUT2D eigenvalue weighted by atomic mass is 9.89. The molecule has 0 spiro atoms. The molecule has 2 bridgehead atoms. The van der Waals surface area contributed by atoms with Crippen LogP contribution in [0.5, 0.6) is 0 Å². The van der Waals surface area contributed by atoms with Crippen molar-refractivity contribution in [2.45, 2.75) is 77.4 Å². The van der Waals surface area contributed by atoms with E-state index in [2.05, 4.69) is 49.6 Å². The molecule has 0 aromatic heterocycles. The number of fused-ring (bicyclic) bond motifs is 2. The lowest BCUT2D eigenvalue weighted by molar-refractivity contribution is -0.122. The van der Waals surface area contributed by atoms with Gasteiger partial charge in [-0.1, -0.05) is 29.3 Å². The van der Waals surface area contributed by atoms with Crippen molar-refractivity contribution in [1.82, 2.24) is 10.6 Å². The lowest BCUT2D eigenvalue weighted by Crippen LogP contribution is -2.41. The van der Waals surface area contributed by atoms with Gasteiger partial charge in [-0.05, 0) is 64.4 Å². The van der Waals surface area contributed by atoms with Gasteiger partial charge in [-0.2, -0.15) is 0 Å². The molecule has 3 rings (SSSR count). The second-order valence-corrected chi connectivity index (χ2v) is 7.85. The maximum absolute atomic E-state index is 12.3. The van der Waals surface area contributed by atoms with Gasteiger partial charge in [0.1, 0.15) is 0 Å². The van der Waals surface area contributed by atoms with E-state index < -0.39 is 0 Å². The Bertz CT molecular complexity index is 543. The van der Waals surface area contributed by atoms with Gasteiger partial charge in [0.25, 0.3) is 0 Å². The SMILES string of the molecule is Cc1cc(C)cc(CC(C)NC(=O)CC2CC3CCC(C2)N3)c1.Cl. The first-order valence-corrected chi connectivity index (χ1v) is 9.10. The average molecular weight is 351 g/mol. The van der Waals surface area contributed by atoms with Crippen molar-refractivity contribution in [2.24, 2.45) is 5.92 Å². The predicted molar refractivity (Wildman–Crippen MR) is 102 cm³/mol. The number of carbonyl (C=O) groups excluding carboxylic acids is 1. The van der Waals surface area contributed by atoms with Gasteiger partial charge >= 0.3 is 0 Å². The zero-order chi connectivity index (χ0) is 16.4. The van der Waals surface area contributed by atoms with Crippen molar-refractivity contribution in [3.8, 4) is 0 Å². The van der Waals surface area contributed by atoms with E-state index in [4.69, 9.17) is 0 Å². The maximum Gasteiger partial charge on any atom is 0.220 e. The van der Waals surface area contributed by atoms with E-state index in [1.165, 1.54) is 42.4 Å². The first kappa shape index (κ1) is 19.3. The number of hydrogen-bond donors (Lipinski definition) is 2. The number of nitrogens with one attached hydrogen (secondary N) is 2. The number of carbonyl (C=O) groups is 1. The molecule has 0 radical (unpaired) electrons. The van der Waals surface area contributed by atoms with Gasteiger partial charge in [0.05, 0.1) is 0 Å². The van der Waals surface area contributed by atoms with Crippen molar-refractivity contribution < 1.29 is 4.79 Å². The minimum atomic E-state index is 0. The molecule has 2 aliphatic heterocycles. The summed E-state index contributed by atoms with van der Waals surface area (Å²) in [5.41, 5.74) is 3.91. The second-order valence-electron chi connectivity index (χ2n) is 7.85. The van der Waals surface area contributed by atoms with E-state index in [9.17, 15) is 4.79 Å². The minimum Gasteiger partial charge on any atom is -0.353 e. The number of halogens is 1. The van der Waals surface area contributed by atoms with Crippen molar-refractivity contribution in [3.63, 3.8) is 0 Å². The molecule has 0 aliphatic carbocycles. The highest BCUT2D eigenvalue weighted by Gasteiger charge is 2.34. The van der Waals surface area contributed by atoms with Crippen LogP contribution in [0.3, 0.4) is 0 Å². The molecule has 3 atom stereocenters. The van der Waals surface area contributed by atoms with Crippen LogP contribution in [0.15, 0.2) is 18.2 Å². The van der Waals surface area contributed by atoms with E-state index in [1.54, 1.807) is 0 Å². The van der Waals surface area contributed by atoms with Gasteiger partial charge < -0.3 is 10.6 Å². The van der Waals surface area contributed by atoms with E-state index in [-0.39, 0.29) is 24.4 Å². The fourth-order valence-corrected chi connectivity index (χ4v) is 4.53. The van der Waals surface area contributed by atoms with Gasteiger partial charge in [-0.3, -0.25) is 4.79 Å². The van der Waals surface area contributed by atoms with Crippen LogP contribution in [0.1, 0.15) is 55.7 Å². The minimum absolute atomic E-state index is 0. The number of benzene rings is 1. The molecule has 3 unspecified atom stereocenters. The molecule has 1 amide bonds. The summed E-state index contributed by atoms with van der Waals surface area (Å²) in [5, 5.41) is 6.85. The molecule has 2 aliphatic rings. The van der Waals surface area contributed by atoms with Crippen molar-refractivity contribution >= 4 is 18.3 Å². The van der Waals surface area contributed by atoms with Crippen molar-refractivity contribution in [2.75, 3.05) is 0 Å². The third-order valence-corrected chi connectivity index (χ3v) is 5.28. The highest BCUT2D eigenvalue weighted by molar-refractivity contribution is 5.85. The van der Waals surface area contributed by atoms with Crippen LogP contribution in [0, 0.1) is 19.8 Å². The summed E-state index contributed by atoms with van der Waals surface area (Å²) >= 11 is 0. The quantitative estimate of drug-likeness (QED) is 0.850. The van der Waals surface area contributed by atoms with E-state index in [0.717, 1.165) is 6.42 Å². The number of amides is 1. The molecular weight excluding hydrogens is 320 g/mol.